The highest BCUT2D eigenvalue weighted by molar-refractivity contribution is 5.28. The third kappa shape index (κ3) is 2.34. The van der Waals surface area contributed by atoms with Gasteiger partial charge in [0.25, 0.3) is 5.56 Å². The summed E-state index contributed by atoms with van der Waals surface area (Å²) < 4.78 is 0. The highest BCUT2D eigenvalue weighted by Crippen LogP contribution is 2.22. The fourth-order valence-corrected chi connectivity index (χ4v) is 2.28. The lowest BCUT2D eigenvalue weighted by atomic mass is 9.92. The van der Waals surface area contributed by atoms with Crippen LogP contribution in [0.5, 0.6) is 0 Å². The summed E-state index contributed by atoms with van der Waals surface area (Å²) in [6.07, 6.45) is 2.43. The highest BCUT2D eigenvalue weighted by atomic mass is 16.1. The van der Waals surface area contributed by atoms with E-state index in [1.54, 1.807) is 0 Å². The predicted molar refractivity (Wildman–Crippen MR) is 57.8 cm³/mol. The molecular weight excluding hydrogens is 192 g/mol. The molecule has 2 unspecified atom stereocenters. The summed E-state index contributed by atoms with van der Waals surface area (Å²) in [5.74, 6) is 1.87. The van der Waals surface area contributed by atoms with Crippen molar-refractivity contribution in [3.63, 3.8) is 0 Å². The number of anilines is 1. The first-order valence-electron chi connectivity index (χ1n) is 5.32. The smallest absolute Gasteiger partial charge is 0.271 e. The molecule has 1 aromatic rings. The number of hydrogen-bond donors (Lipinski definition) is 1. The van der Waals surface area contributed by atoms with Crippen LogP contribution in [0, 0.1) is 11.8 Å². The van der Waals surface area contributed by atoms with Crippen molar-refractivity contribution in [2.45, 2.75) is 20.3 Å². The zero-order chi connectivity index (χ0) is 10.8. The van der Waals surface area contributed by atoms with Crippen LogP contribution in [-0.2, 0) is 0 Å². The second kappa shape index (κ2) is 4.00. The Bertz CT molecular complexity index is 379. The van der Waals surface area contributed by atoms with Gasteiger partial charge in [-0.05, 0) is 18.3 Å². The van der Waals surface area contributed by atoms with Crippen molar-refractivity contribution >= 4 is 5.95 Å². The second-order valence-corrected chi connectivity index (χ2v) is 4.51. The standard InChI is InChI=1S/C10H16N4O/c1-7-3-8(2)6-14(5-7)10-12-9(15)4-11-13-10/h4,7-8H,3,5-6H2,1-2H3,(H,12,13,15). The van der Waals surface area contributed by atoms with Gasteiger partial charge in [-0.2, -0.15) is 0 Å². The number of aromatic amines is 1. The van der Waals surface area contributed by atoms with E-state index in [1.807, 2.05) is 0 Å². The first kappa shape index (κ1) is 10.1. The molecule has 2 atom stereocenters. The number of aromatic nitrogens is 3. The lowest BCUT2D eigenvalue weighted by molar-refractivity contribution is 0.353. The molecule has 15 heavy (non-hydrogen) atoms. The number of piperidine rings is 1. The zero-order valence-corrected chi connectivity index (χ0v) is 9.10. The number of nitrogens with zero attached hydrogens (tertiary/aromatic N) is 3. The summed E-state index contributed by atoms with van der Waals surface area (Å²) in [5, 5.41) is 7.63. The maximum atomic E-state index is 11.1. The minimum Gasteiger partial charge on any atom is -0.341 e. The van der Waals surface area contributed by atoms with Crippen molar-refractivity contribution in [1.29, 1.82) is 0 Å². The number of nitrogens with one attached hydrogen (secondary N) is 1. The van der Waals surface area contributed by atoms with Gasteiger partial charge in [0.05, 0.1) is 0 Å². The van der Waals surface area contributed by atoms with E-state index in [9.17, 15) is 4.79 Å². The maximum Gasteiger partial charge on any atom is 0.271 e. The summed E-state index contributed by atoms with van der Waals surface area (Å²) in [6.45, 7) is 6.33. The fraction of sp³-hybridized carbons (Fsp3) is 0.700. The first-order chi connectivity index (χ1) is 7.15. The Balaban J connectivity index is 2.19. The van der Waals surface area contributed by atoms with Gasteiger partial charge in [0.15, 0.2) is 0 Å². The maximum absolute atomic E-state index is 11.1. The van der Waals surface area contributed by atoms with Gasteiger partial charge in [0.1, 0.15) is 6.20 Å². The molecule has 0 saturated carbocycles. The monoisotopic (exact) mass is 208 g/mol. The van der Waals surface area contributed by atoms with Crippen LogP contribution in [0.3, 0.4) is 0 Å². The normalized spacial score (nSPS) is 26.7. The lowest BCUT2D eigenvalue weighted by Crippen LogP contribution is -2.40. The van der Waals surface area contributed by atoms with Gasteiger partial charge in [-0.3, -0.25) is 9.78 Å². The van der Waals surface area contributed by atoms with Crippen LogP contribution in [-0.4, -0.2) is 28.3 Å². The molecule has 5 heteroatoms. The van der Waals surface area contributed by atoms with Crippen LogP contribution in [0.25, 0.3) is 0 Å². The van der Waals surface area contributed by atoms with Gasteiger partial charge in [-0.25, -0.2) is 0 Å². The Morgan fingerprint density at radius 3 is 2.67 bits per heavy atom. The van der Waals surface area contributed by atoms with Crippen LogP contribution in [0.15, 0.2) is 11.0 Å². The largest absolute Gasteiger partial charge is 0.341 e. The minimum atomic E-state index is -0.189. The third-order valence-corrected chi connectivity index (χ3v) is 2.73. The van der Waals surface area contributed by atoms with Crippen molar-refractivity contribution in [1.82, 2.24) is 15.2 Å². The summed E-state index contributed by atoms with van der Waals surface area (Å²) in [5.41, 5.74) is -0.189. The second-order valence-electron chi connectivity index (χ2n) is 4.51. The number of H-pyrrole nitrogens is 1. The molecule has 1 aliphatic heterocycles. The Morgan fingerprint density at radius 1 is 1.40 bits per heavy atom. The van der Waals surface area contributed by atoms with E-state index < -0.39 is 0 Å². The summed E-state index contributed by atoms with van der Waals surface area (Å²) in [6, 6.07) is 0. The number of rotatable bonds is 1. The summed E-state index contributed by atoms with van der Waals surface area (Å²) in [4.78, 5) is 15.9. The SMILES string of the molecule is CC1CC(C)CN(c2nncc(=O)[nH]2)C1. The average Bonchev–Trinajstić information content (AvgIpc) is 2.16. The molecule has 1 N–H and O–H groups in total. The molecule has 1 aromatic heterocycles. The quantitative estimate of drug-likeness (QED) is 0.736. The van der Waals surface area contributed by atoms with E-state index in [-0.39, 0.29) is 5.56 Å². The van der Waals surface area contributed by atoms with Crippen LogP contribution in [0.2, 0.25) is 0 Å². The zero-order valence-electron chi connectivity index (χ0n) is 9.10. The van der Waals surface area contributed by atoms with E-state index in [4.69, 9.17) is 0 Å². The molecular formula is C10H16N4O. The Labute approximate surface area is 88.5 Å². The van der Waals surface area contributed by atoms with Gasteiger partial charge < -0.3 is 4.90 Å². The van der Waals surface area contributed by atoms with Crippen molar-refractivity contribution in [3.8, 4) is 0 Å². The predicted octanol–water partition coefficient (Wildman–Crippen LogP) is 0.647. The highest BCUT2D eigenvalue weighted by Gasteiger charge is 2.23. The Hall–Kier alpha value is -1.39. The van der Waals surface area contributed by atoms with E-state index in [2.05, 4.69) is 33.9 Å². The molecule has 1 aliphatic rings. The molecule has 1 fully saturated rings. The van der Waals surface area contributed by atoms with Crippen LogP contribution in [0.4, 0.5) is 5.95 Å². The van der Waals surface area contributed by atoms with Crippen molar-refractivity contribution in [2.24, 2.45) is 11.8 Å². The van der Waals surface area contributed by atoms with Gasteiger partial charge in [0.2, 0.25) is 5.95 Å². The molecule has 0 radical (unpaired) electrons. The van der Waals surface area contributed by atoms with Crippen LogP contribution >= 0.6 is 0 Å². The summed E-state index contributed by atoms with van der Waals surface area (Å²) >= 11 is 0. The van der Waals surface area contributed by atoms with Crippen LogP contribution in [0.1, 0.15) is 20.3 Å². The molecule has 1 saturated heterocycles. The van der Waals surface area contributed by atoms with Gasteiger partial charge in [-0.15, -0.1) is 10.2 Å². The van der Waals surface area contributed by atoms with Crippen LogP contribution < -0.4 is 10.5 Å². The molecule has 0 bridgehead atoms. The average molecular weight is 208 g/mol. The number of hydrogen-bond acceptors (Lipinski definition) is 4. The van der Waals surface area contributed by atoms with Crippen molar-refractivity contribution in [3.05, 3.63) is 16.6 Å². The molecule has 2 rings (SSSR count). The topological polar surface area (TPSA) is 61.9 Å². The van der Waals surface area contributed by atoms with Crippen molar-refractivity contribution < 1.29 is 0 Å². The molecule has 0 aliphatic carbocycles. The molecule has 0 aromatic carbocycles. The molecule has 0 spiro atoms. The minimum absolute atomic E-state index is 0.189. The van der Waals surface area contributed by atoms with E-state index in [0.29, 0.717) is 17.8 Å². The van der Waals surface area contributed by atoms with E-state index in [0.717, 1.165) is 13.1 Å². The first-order valence-corrected chi connectivity index (χ1v) is 5.32. The van der Waals surface area contributed by atoms with Gasteiger partial charge in [-0.1, -0.05) is 13.8 Å². The molecule has 0 amide bonds. The molecule has 2 heterocycles. The van der Waals surface area contributed by atoms with Gasteiger partial charge in [0, 0.05) is 13.1 Å². The lowest BCUT2D eigenvalue weighted by Gasteiger charge is -2.34. The summed E-state index contributed by atoms with van der Waals surface area (Å²) in [7, 11) is 0. The van der Waals surface area contributed by atoms with E-state index >= 15 is 0 Å². The van der Waals surface area contributed by atoms with Crippen molar-refractivity contribution in [2.75, 3.05) is 18.0 Å². The Morgan fingerprint density at radius 2 is 2.07 bits per heavy atom. The Kier molecular flexibility index (Phi) is 2.70. The van der Waals surface area contributed by atoms with Gasteiger partial charge >= 0.3 is 0 Å². The third-order valence-electron chi connectivity index (χ3n) is 2.73. The molecule has 5 nitrogen and oxygen atoms in total. The molecule has 82 valence electrons. The van der Waals surface area contributed by atoms with E-state index in [1.165, 1.54) is 12.6 Å². The fourth-order valence-electron chi connectivity index (χ4n) is 2.28.